The Labute approximate surface area is 207 Å². The van der Waals surface area contributed by atoms with E-state index in [0.717, 1.165) is 22.4 Å². The highest BCUT2D eigenvalue weighted by molar-refractivity contribution is 7.89. The number of nitrogens with zero attached hydrogens (tertiary/aromatic N) is 1. The molecule has 0 aromatic heterocycles. The van der Waals surface area contributed by atoms with Gasteiger partial charge in [0.25, 0.3) is 0 Å². The Hall–Kier alpha value is -2.60. The molecule has 2 aliphatic rings. The molecule has 0 amide bonds. The van der Waals surface area contributed by atoms with Crippen molar-refractivity contribution >= 4 is 33.4 Å². The average Bonchev–Trinajstić information content (AvgIpc) is 2.81. The monoisotopic (exact) mass is 492 g/mol. The fourth-order valence-electron chi connectivity index (χ4n) is 5.30. The van der Waals surface area contributed by atoms with Crippen LogP contribution < -0.4 is 5.32 Å². The fraction of sp³-hybridized carbons (Fsp3) is 0.286. The maximum absolute atomic E-state index is 13.7. The van der Waals surface area contributed by atoms with Crippen molar-refractivity contribution in [2.24, 2.45) is 5.92 Å². The summed E-state index contributed by atoms with van der Waals surface area (Å²) in [6.07, 6.45) is 2.06. The van der Waals surface area contributed by atoms with Gasteiger partial charge in [0.15, 0.2) is 0 Å². The van der Waals surface area contributed by atoms with Crippen LogP contribution in [-0.4, -0.2) is 31.9 Å². The summed E-state index contributed by atoms with van der Waals surface area (Å²) in [6, 6.07) is 23.1. The van der Waals surface area contributed by atoms with E-state index in [4.69, 9.17) is 11.6 Å². The summed E-state index contributed by atoms with van der Waals surface area (Å²) in [5.74, 6) is 0.0464. The van der Waals surface area contributed by atoms with Gasteiger partial charge in [0.1, 0.15) is 0 Å². The molecule has 176 valence electrons. The van der Waals surface area contributed by atoms with E-state index < -0.39 is 10.0 Å². The number of hydrogen-bond acceptors (Lipinski definition) is 3. The molecule has 0 radical (unpaired) electrons. The molecule has 1 saturated heterocycles. The smallest absolute Gasteiger partial charge is 0.243 e. The zero-order chi connectivity index (χ0) is 24.1. The number of rotatable bonds is 3. The molecule has 0 bridgehead atoms. The molecule has 0 saturated carbocycles. The Morgan fingerprint density at radius 1 is 1.00 bits per heavy atom. The molecule has 3 aromatic carbocycles. The zero-order valence-electron chi connectivity index (χ0n) is 19.6. The van der Waals surface area contributed by atoms with Gasteiger partial charge in [0.05, 0.1) is 10.9 Å². The molecule has 1 fully saturated rings. The molecule has 0 aliphatic carbocycles. The van der Waals surface area contributed by atoms with Crippen LogP contribution in [0.4, 0.5) is 5.69 Å². The summed E-state index contributed by atoms with van der Waals surface area (Å²) >= 11 is 6.50. The highest BCUT2D eigenvalue weighted by Gasteiger charge is 2.49. The third kappa shape index (κ3) is 3.96. The summed E-state index contributed by atoms with van der Waals surface area (Å²) in [5.41, 5.74) is 5.03. The number of sulfonamides is 1. The Morgan fingerprint density at radius 2 is 1.68 bits per heavy atom. The number of para-hydroxylation sites is 1. The summed E-state index contributed by atoms with van der Waals surface area (Å²) in [7, 11) is -3.66. The van der Waals surface area contributed by atoms with Gasteiger partial charge in [0, 0.05) is 29.7 Å². The predicted molar refractivity (Wildman–Crippen MR) is 140 cm³/mol. The van der Waals surface area contributed by atoms with Gasteiger partial charge in [-0.2, -0.15) is 4.31 Å². The van der Waals surface area contributed by atoms with E-state index in [0.29, 0.717) is 23.0 Å². The Bertz CT molecular complexity index is 1360. The first-order valence-corrected chi connectivity index (χ1v) is 13.4. The van der Waals surface area contributed by atoms with Crippen LogP contribution >= 0.6 is 11.6 Å². The van der Waals surface area contributed by atoms with E-state index in [-0.39, 0.29) is 17.4 Å². The zero-order valence-corrected chi connectivity index (χ0v) is 21.2. The van der Waals surface area contributed by atoms with Crippen LogP contribution in [0.25, 0.3) is 6.08 Å². The largest absolute Gasteiger partial charge is 0.378 e. The molecule has 2 aliphatic heterocycles. The molecular weight excluding hydrogens is 464 g/mol. The standard InChI is InChI=1S/C28H29ClN2O2S/c1-19-12-14-22(15-13-19)34(32,33)31-17-21(16-20-8-4-6-10-25(20)29)27-24(18-31)28(2,3)23-9-5-7-11-26(23)30-27/h4-16,24,27,30H,17-18H2,1-3H3/b21-16+/t24-,27+/m1/s1. The molecule has 2 heterocycles. The maximum atomic E-state index is 13.7. The van der Waals surface area contributed by atoms with Gasteiger partial charge in [-0.05, 0) is 53.3 Å². The molecule has 0 spiro atoms. The van der Waals surface area contributed by atoms with Gasteiger partial charge < -0.3 is 5.32 Å². The molecule has 1 N–H and O–H groups in total. The van der Waals surface area contributed by atoms with Gasteiger partial charge in [0.2, 0.25) is 10.0 Å². The van der Waals surface area contributed by atoms with Gasteiger partial charge in [-0.3, -0.25) is 0 Å². The lowest BCUT2D eigenvalue weighted by molar-refractivity contribution is 0.202. The second-order valence-electron chi connectivity index (χ2n) is 9.85. The first-order chi connectivity index (χ1) is 16.2. The third-order valence-electron chi connectivity index (χ3n) is 7.33. The number of aryl methyl sites for hydroxylation is 1. The van der Waals surface area contributed by atoms with Gasteiger partial charge in [-0.1, -0.05) is 85.6 Å². The van der Waals surface area contributed by atoms with Crippen molar-refractivity contribution < 1.29 is 8.42 Å². The quantitative estimate of drug-likeness (QED) is 0.478. The minimum Gasteiger partial charge on any atom is -0.378 e. The van der Waals surface area contributed by atoms with E-state index in [1.807, 2.05) is 55.5 Å². The topological polar surface area (TPSA) is 49.4 Å². The van der Waals surface area contributed by atoms with Gasteiger partial charge in [-0.25, -0.2) is 8.42 Å². The average molecular weight is 493 g/mol. The van der Waals surface area contributed by atoms with Gasteiger partial charge >= 0.3 is 0 Å². The van der Waals surface area contributed by atoms with Crippen molar-refractivity contribution in [1.29, 1.82) is 0 Å². The number of anilines is 1. The van der Waals surface area contributed by atoms with Crippen LogP contribution in [0, 0.1) is 12.8 Å². The molecule has 5 rings (SSSR count). The van der Waals surface area contributed by atoms with Crippen LogP contribution in [0.2, 0.25) is 5.02 Å². The molecule has 2 atom stereocenters. The van der Waals surface area contributed by atoms with Crippen LogP contribution in [0.3, 0.4) is 0 Å². The van der Waals surface area contributed by atoms with Crippen molar-refractivity contribution in [2.45, 2.75) is 37.1 Å². The normalized spacial score (nSPS) is 23.1. The number of hydrogen-bond donors (Lipinski definition) is 1. The lowest BCUT2D eigenvalue weighted by Gasteiger charge is -2.51. The highest BCUT2D eigenvalue weighted by atomic mass is 35.5. The predicted octanol–water partition coefficient (Wildman–Crippen LogP) is 6.12. The summed E-state index contributed by atoms with van der Waals surface area (Å²) < 4.78 is 29.1. The Morgan fingerprint density at radius 3 is 2.41 bits per heavy atom. The van der Waals surface area contributed by atoms with Crippen LogP contribution in [0.5, 0.6) is 0 Å². The van der Waals surface area contributed by atoms with E-state index in [2.05, 4.69) is 37.4 Å². The van der Waals surface area contributed by atoms with E-state index >= 15 is 0 Å². The second kappa shape index (κ2) is 8.56. The van der Waals surface area contributed by atoms with Gasteiger partial charge in [-0.15, -0.1) is 0 Å². The summed E-state index contributed by atoms with van der Waals surface area (Å²) in [5, 5.41) is 4.38. The second-order valence-corrected chi connectivity index (χ2v) is 12.2. The Balaban J connectivity index is 1.63. The maximum Gasteiger partial charge on any atom is 0.243 e. The number of halogens is 1. The van der Waals surface area contributed by atoms with Crippen LogP contribution in [0.1, 0.15) is 30.5 Å². The van der Waals surface area contributed by atoms with Crippen LogP contribution in [-0.2, 0) is 15.4 Å². The van der Waals surface area contributed by atoms with Crippen molar-refractivity contribution in [3.05, 3.63) is 100 Å². The number of fused-ring (bicyclic) bond motifs is 2. The van der Waals surface area contributed by atoms with E-state index in [9.17, 15) is 8.42 Å². The van der Waals surface area contributed by atoms with Crippen molar-refractivity contribution in [2.75, 3.05) is 18.4 Å². The van der Waals surface area contributed by atoms with E-state index in [1.54, 1.807) is 16.4 Å². The molecule has 6 heteroatoms. The number of nitrogens with one attached hydrogen (secondary N) is 1. The van der Waals surface area contributed by atoms with Crippen LogP contribution in [0.15, 0.2) is 83.3 Å². The van der Waals surface area contributed by atoms with Crippen molar-refractivity contribution in [1.82, 2.24) is 4.31 Å². The highest BCUT2D eigenvalue weighted by Crippen LogP contribution is 2.47. The third-order valence-corrected chi connectivity index (χ3v) is 9.50. The molecule has 3 aromatic rings. The summed E-state index contributed by atoms with van der Waals surface area (Å²) in [6.45, 7) is 7.15. The molecule has 0 unspecified atom stereocenters. The van der Waals surface area contributed by atoms with E-state index in [1.165, 1.54) is 5.56 Å². The number of benzene rings is 3. The fourth-order valence-corrected chi connectivity index (χ4v) is 6.94. The first-order valence-electron chi connectivity index (χ1n) is 11.6. The molecular formula is C28H29ClN2O2S. The minimum absolute atomic E-state index is 0.00522. The minimum atomic E-state index is -3.66. The van der Waals surface area contributed by atoms with Crippen molar-refractivity contribution in [3.8, 4) is 0 Å². The molecule has 34 heavy (non-hydrogen) atoms. The lowest BCUT2D eigenvalue weighted by Crippen LogP contribution is -2.57. The SMILES string of the molecule is Cc1ccc(S(=O)(=O)N2C/C(=C\c3ccccc3Cl)[C@@H]3Nc4ccccc4C(C)(C)[C@@H]3C2)cc1. The first kappa shape index (κ1) is 23.2. The Kier molecular flexibility index (Phi) is 5.83. The van der Waals surface area contributed by atoms with Crippen molar-refractivity contribution in [3.63, 3.8) is 0 Å². The lowest BCUT2D eigenvalue weighted by atomic mass is 9.64. The summed E-state index contributed by atoms with van der Waals surface area (Å²) in [4.78, 5) is 0.329. The number of piperidine rings is 1. The molecule has 4 nitrogen and oxygen atoms in total.